The van der Waals surface area contributed by atoms with E-state index in [0.29, 0.717) is 0 Å². The van der Waals surface area contributed by atoms with Gasteiger partial charge in [-0.25, -0.2) is 0 Å². The first-order valence-corrected chi connectivity index (χ1v) is 4.48. The number of carbonyl (C=O) groups excluding carboxylic acids is 1. The summed E-state index contributed by atoms with van der Waals surface area (Å²) >= 11 is 0. The van der Waals surface area contributed by atoms with Gasteiger partial charge in [-0.2, -0.15) is 13.2 Å². The molecule has 0 aliphatic carbocycles. The molecule has 0 fully saturated rings. The molecule has 1 N–H and O–H groups in total. The van der Waals surface area contributed by atoms with Crippen molar-refractivity contribution in [3.63, 3.8) is 0 Å². The number of rotatable bonds is 3. The quantitative estimate of drug-likeness (QED) is 0.714. The van der Waals surface area contributed by atoms with E-state index in [1.807, 2.05) is 0 Å². The van der Waals surface area contributed by atoms with Crippen LogP contribution < -0.4 is 5.32 Å². The van der Waals surface area contributed by atoms with Gasteiger partial charge < -0.3 is 5.32 Å². The molecule has 0 atom stereocenters. The molecule has 0 aliphatic rings. The van der Waals surface area contributed by atoms with Gasteiger partial charge in [-0.1, -0.05) is 20.8 Å². The first kappa shape index (κ1) is 13.3. The molecule has 1 amide bonds. The van der Waals surface area contributed by atoms with E-state index in [4.69, 9.17) is 0 Å². The van der Waals surface area contributed by atoms with Crippen LogP contribution in [0.4, 0.5) is 13.2 Å². The van der Waals surface area contributed by atoms with Crippen LogP contribution >= 0.6 is 0 Å². The number of hydrogen-bond acceptors (Lipinski definition) is 1. The summed E-state index contributed by atoms with van der Waals surface area (Å²) < 4.78 is 35.1. The second-order valence-electron chi connectivity index (χ2n) is 4.22. The number of carbonyl (C=O) groups is 1. The van der Waals surface area contributed by atoms with Crippen molar-refractivity contribution < 1.29 is 18.0 Å². The van der Waals surface area contributed by atoms with E-state index in [1.165, 1.54) is 0 Å². The average Bonchev–Trinajstić information content (AvgIpc) is 1.93. The fraction of sp³-hybridized carbons (Fsp3) is 0.889. The second-order valence-corrected chi connectivity index (χ2v) is 4.22. The van der Waals surface area contributed by atoms with E-state index in [0.717, 1.165) is 0 Å². The molecule has 0 unspecified atom stereocenters. The maximum atomic E-state index is 11.7. The molecule has 0 bridgehead atoms. The van der Waals surface area contributed by atoms with Gasteiger partial charge in [0.2, 0.25) is 5.91 Å². The fourth-order valence-corrected chi connectivity index (χ4v) is 0.756. The summed E-state index contributed by atoms with van der Waals surface area (Å²) in [5.41, 5.74) is -0.543. The second kappa shape index (κ2) is 4.66. The molecule has 0 rings (SSSR count). The number of hydrogen-bond donors (Lipinski definition) is 1. The molecule has 5 heteroatoms. The van der Waals surface area contributed by atoms with Gasteiger partial charge in [0.05, 0.1) is 0 Å². The molecule has 0 heterocycles. The monoisotopic (exact) mass is 211 g/mol. The maximum Gasteiger partial charge on any atom is 0.389 e. The molecule has 0 radical (unpaired) electrons. The van der Waals surface area contributed by atoms with Gasteiger partial charge in [0.1, 0.15) is 0 Å². The van der Waals surface area contributed by atoms with Gasteiger partial charge in [0, 0.05) is 18.4 Å². The Balaban J connectivity index is 3.62. The van der Waals surface area contributed by atoms with E-state index in [9.17, 15) is 18.0 Å². The van der Waals surface area contributed by atoms with Crippen LogP contribution in [0.25, 0.3) is 0 Å². The predicted molar refractivity (Wildman–Crippen MR) is 47.8 cm³/mol. The number of nitrogens with one attached hydrogen (secondary N) is 1. The highest BCUT2D eigenvalue weighted by atomic mass is 19.4. The third-order valence-corrected chi connectivity index (χ3v) is 1.60. The molecule has 0 saturated heterocycles. The molecule has 0 aliphatic heterocycles. The van der Waals surface area contributed by atoms with Crippen LogP contribution in [0.1, 0.15) is 33.6 Å². The lowest BCUT2D eigenvalue weighted by Crippen LogP contribution is -2.35. The van der Waals surface area contributed by atoms with E-state index in [-0.39, 0.29) is 18.9 Å². The zero-order valence-corrected chi connectivity index (χ0v) is 8.66. The Hall–Kier alpha value is -0.740. The normalized spacial score (nSPS) is 12.7. The van der Waals surface area contributed by atoms with Crippen molar-refractivity contribution in [2.75, 3.05) is 6.54 Å². The third-order valence-electron chi connectivity index (χ3n) is 1.60. The Kier molecular flexibility index (Phi) is 4.42. The molecule has 2 nitrogen and oxygen atoms in total. The highest BCUT2D eigenvalue weighted by molar-refractivity contribution is 5.81. The van der Waals surface area contributed by atoms with Gasteiger partial charge in [-0.3, -0.25) is 4.79 Å². The Morgan fingerprint density at radius 2 is 1.71 bits per heavy atom. The van der Waals surface area contributed by atoms with Crippen LogP contribution in [-0.2, 0) is 4.79 Å². The lowest BCUT2D eigenvalue weighted by molar-refractivity contribution is -0.137. The van der Waals surface area contributed by atoms with Gasteiger partial charge in [-0.05, 0) is 6.42 Å². The zero-order valence-electron chi connectivity index (χ0n) is 8.66. The summed E-state index contributed by atoms with van der Waals surface area (Å²) in [4.78, 5) is 11.2. The molecule has 0 spiro atoms. The van der Waals surface area contributed by atoms with Crippen LogP contribution in [0.2, 0.25) is 0 Å². The van der Waals surface area contributed by atoms with E-state index in [1.54, 1.807) is 20.8 Å². The molecule has 0 aromatic heterocycles. The number of amides is 1. The van der Waals surface area contributed by atoms with Crippen molar-refractivity contribution in [2.45, 2.75) is 39.8 Å². The lowest BCUT2D eigenvalue weighted by Gasteiger charge is -2.17. The van der Waals surface area contributed by atoms with Gasteiger partial charge >= 0.3 is 6.18 Å². The first-order chi connectivity index (χ1) is 6.13. The molecule has 14 heavy (non-hydrogen) atoms. The van der Waals surface area contributed by atoms with E-state index < -0.39 is 18.0 Å². The number of halogens is 3. The van der Waals surface area contributed by atoms with Crippen LogP contribution in [-0.4, -0.2) is 18.6 Å². The van der Waals surface area contributed by atoms with Gasteiger partial charge in [0.25, 0.3) is 0 Å². The summed E-state index contributed by atoms with van der Waals surface area (Å²) in [7, 11) is 0. The molecular weight excluding hydrogens is 195 g/mol. The molecule has 84 valence electrons. The molecule has 0 aromatic rings. The first-order valence-electron chi connectivity index (χ1n) is 4.48. The van der Waals surface area contributed by atoms with Crippen LogP contribution in [0, 0.1) is 5.41 Å². The minimum atomic E-state index is -4.13. The summed E-state index contributed by atoms with van der Waals surface area (Å²) in [6, 6.07) is 0. The van der Waals surface area contributed by atoms with E-state index >= 15 is 0 Å². The minimum Gasteiger partial charge on any atom is -0.356 e. The van der Waals surface area contributed by atoms with Crippen molar-refractivity contribution in [1.82, 2.24) is 5.32 Å². The SMILES string of the molecule is CC(C)(C)C(=O)NCCCC(F)(F)F. The van der Waals surface area contributed by atoms with Gasteiger partial charge in [0.15, 0.2) is 0 Å². The maximum absolute atomic E-state index is 11.7. The largest absolute Gasteiger partial charge is 0.389 e. The van der Waals surface area contributed by atoms with Crippen LogP contribution in [0.3, 0.4) is 0 Å². The third kappa shape index (κ3) is 6.74. The van der Waals surface area contributed by atoms with Crippen molar-refractivity contribution in [3.8, 4) is 0 Å². The van der Waals surface area contributed by atoms with Gasteiger partial charge in [-0.15, -0.1) is 0 Å². The van der Waals surface area contributed by atoms with Crippen LogP contribution in [0.15, 0.2) is 0 Å². The zero-order chi connectivity index (χ0) is 11.4. The highest BCUT2D eigenvalue weighted by Crippen LogP contribution is 2.20. The number of alkyl halides is 3. The molecular formula is C9H16F3NO. The van der Waals surface area contributed by atoms with Crippen molar-refractivity contribution in [1.29, 1.82) is 0 Å². The predicted octanol–water partition coefficient (Wildman–Crippen LogP) is 2.49. The summed E-state index contributed by atoms with van der Waals surface area (Å²) in [6.45, 7) is 5.22. The molecule has 0 aromatic carbocycles. The standard InChI is InChI=1S/C9H16F3NO/c1-8(2,3)7(14)13-6-4-5-9(10,11)12/h4-6H2,1-3H3,(H,13,14). The molecule has 0 saturated carbocycles. The summed E-state index contributed by atoms with van der Waals surface area (Å²) in [5.74, 6) is -0.223. The Bertz CT molecular complexity index is 193. The lowest BCUT2D eigenvalue weighted by atomic mass is 9.96. The van der Waals surface area contributed by atoms with Crippen LogP contribution in [0.5, 0.6) is 0 Å². The van der Waals surface area contributed by atoms with Crippen molar-refractivity contribution in [2.24, 2.45) is 5.41 Å². The van der Waals surface area contributed by atoms with Crippen molar-refractivity contribution >= 4 is 5.91 Å². The Morgan fingerprint density at radius 3 is 2.07 bits per heavy atom. The van der Waals surface area contributed by atoms with E-state index in [2.05, 4.69) is 5.32 Å². The average molecular weight is 211 g/mol. The topological polar surface area (TPSA) is 29.1 Å². The Labute approximate surface area is 81.9 Å². The summed E-state index contributed by atoms with van der Waals surface area (Å²) in [6.07, 6.45) is -5.05. The smallest absolute Gasteiger partial charge is 0.356 e. The minimum absolute atomic E-state index is 0.0642. The highest BCUT2D eigenvalue weighted by Gasteiger charge is 2.26. The fourth-order valence-electron chi connectivity index (χ4n) is 0.756. The van der Waals surface area contributed by atoms with Crippen molar-refractivity contribution in [3.05, 3.63) is 0 Å². The Morgan fingerprint density at radius 1 is 1.21 bits per heavy atom. The summed E-state index contributed by atoms with van der Waals surface area (Å²) in [5, 5.41) is 2.46.